The van der Waals surface area contributed by atoms with Crippen LogP contribution in [0.4, 0.5) is 5.82 Å². The topological polar surface area (TPSA) is 53.0 Å². The van der Waals surface area contributed by atoms with Gasteiger partial charge in [-0.25, -0.2) is 9.98 Å². The monoisotopic (exact) mass is 399 g/mol. The van der Waals surface area contributed by atoms with E-state index < -0.39 is 0 Å². The van der Waals surface area contributed by atoms with Crippen molar-refractivity contribution in [3.05, 3.63) is 23.9 Å². The van der Waals surface area contributed by atoms with Crippen molar-refractivity contribution in [2.75, 3.05) is 44.2 Å². The Kier molecular flexibility index (Phi) is 6.58. The van der Waals surface area contributed by atoms with Crippen LogP contribution in [-0.2, 0) is 11.3 Å². The Morgan fingerprint density at radius 1 is 1.28 bits per heavy atom. The van der Waals surface area contributed by atoms with Crippen molar-refractivity contribution in [1.82, 2.24) is 15.2 Å². The van der Waals surface area contributed by atoms with Gasteiger partial charge in [0.05, 0.1) is 19.3 Å². The lowest BCUT2D eigenvalue weighted by Crippen LogP contribution is -2.41. The van der Waals surface area contributed by atoms with Crippen molar-refractivity contribution < 1.29 is 4.74 Å². The van der Waals surface area contributed by atoms with Gasteiger partial charge in [-0.15, -0.1) is 0 Å². The van der Waals surface area contributed by atoms with Crippen LogP contribution in [-0.4, -0.2) is 61.3 Å². The summed E-state index contributed by atoms with van der Waals surface area (Å²) in [6.07, 6.45) is 10.5. The average Bonchev–Trinajstić information content (AvgIpc) is 3.15. The van der Waals surface area contributed by atoms with Gasteiger partial charge < -0.3 is 19.9 Å². The van der Waals surface area contributed by atoms with Crippen molar-refractivity contribution in [3.8, 4) is 0 Å². The molecule has 1 aromatic heterocycles. The molecule has 1 atom stereocenters. The quantitative estimate of drug-likeness (QED) is 0.621. The van der Waals surface area contributed by atoms with Gasteiger partial charge in [0.25, 0.3) is 0 Å². The SMILES string of the molecule is CCNC(=NCc1ccnc(N2CCOC(C)C2)c1)N1CCC2(CCCCC2)C1. The second kappa shape index (κ2) is 9.33. The Bertz CT molecular complexity index is 700. The molecular weight excluding hydrogens is 362 g/mol. The summed E-state index contributed by atoms with van der Waals surface area (Å²) >= 11 is 0. The van der Waals surface area contributed by atoms with E-state index in [1.54, 1.807) is 0 Å². The third kappa shape index (κ3) is 5.03. The molecule has 6 nitrogen and oxygen atoms in total. The molecule has 1 spiro atoms. The number of guanidine groups is 1. The van der Waals surface area contributed by atoms with Crippen LogP contribution in [0.2, 0.25) is 0 Å². The van der Waals surface area contributed by atoms with E-state index >= 15 is 0 Å². The average molecular weight is 400 g/mol. The fraction of sp³-hybridized carbons (Fsp3) is 0.739. The van der Waals surface area contributed by atoms with Gasteiger partial charge in [0.15, 0.2) is 5.96 Å². The van der Waals surface area contributed by atoms with Crippen molar-refractivity contribution >= 4 is 11.8 Å². The number of aliphatic imine (C=N–C) groups is 1. The lowest BCUT2D eigenvalue weighted by atomic mass is 9.73. The summed E-state index contributed by atoms with van der Waals surface area (Å²) in [5.74, 6) is 2.12. The smallest absolute Gasteiger partial charge is 0.194 e. The first kappa shape index (κ1) is 20.5. The van der Waals surface area contributed by atoms with E-state index in [-0.39, 0.29) is 6.10 Å². The lowest BCUT2D eigenvalue weighted by molar-refractivity contribution is 0.0529. The molecule has 1 aromatic rings. The summed E-state index contributed by atoms with van der Waals surface area (Å²) in [7, 11) is 0. The molecule has 3 aliphatic rings. The molecule has 1 N–H and O–H groups in total. The Hall–Kier alpha value is -1.82. The van der Waals surface area contributed by atoms with Gasteiger partial charge in [-0.1, -0.05) is 19.3 Å². The van der Waals surface area contributed by atoms with Crippen LogP contribution in [0.25, 0.3) is 0 Å². The molecule has 0 aromatic carbocycles. The third-order valence-electron chi connectivity index (χ3n) is 6.77. The number of likely N-dealkylation sites (tertiary alicyclic amines) is 1. The summed E-state index contributed by atoms with van der Waals surface area (Å²) in [5.41, 5.74) is 1.77. The molecule has 2 saturated heterocycles. The van der Waals surface area contributed by atoms with Gasteiger partial charge in [-0.3, -0.25) is 0 Å². The van der Waals surface area contributed by atoms with Crippen LogP contribution >= 0.6 is 0 Å². The van der Waals surface area contributed by atoms with E-state index in [4.69, 9.17) is 9.73 Å². The molecule has 1 aliphatic carbocycles. The normalized spacial score (nSPS) is 24.9. The van der Waals surface area contributed by atoms with Crippen molar-refractivity contribution in [2.24, 2.45) is 10.4 Å². The number of anilines is 1. The number of hydrogen-bond donors (Lipinski definition) is 1. The fourth-order valence-corrected chi connectivity index (χ4v) is 5.18. The number of ether oxygens (including phenoxy) is 1. The highest BCUT2D eigenvalue weighted by Crippen LogP contribution is 2.43. The minimum absolute atomic E-state index is 0.259. The minimum atomic E-state index is 0.259. The van der Waals surface area contributed by atoms with Crippen LogP contribution in [0, 0.1) is 5.41 Å². The summed E-state index contributed by atoms with van der Waals surface area (Å²) in [4.78, 5) is 14.4. The molecule has 1 saturated carbocycles. The molecular formula is C23H37N5O. The number of morpholine rings is 1. The van der Waals surface area contributed by atoms with Gasteiger partial charge in [0.1, 0.15) is 5.82 Å². The summed E-state index contributed by atoms with van der Waals surface area (Å²) < 4.78 is 5.66. The van der Waals surface area contributed by atoms with E-state index in [0.29, 0.717) is 12.0 Å². The maximum absolute atomic E-state index is 5.66. The number of pyridine rings is 1. The van der Waals surface area contributed by atoms with E-state index in [9.17, 15) is 0 Å². The Morgan fingerprint density at radius 2 is 2.14 bits per heavy atom. The zero-order valence-electron chi connectivity index (χ0n) is 18.2. The lowest BCUT2D eigenvalue weighted by Gasteiger charge is -2.33. The highest BCUT2D eigenvalue weighted by Gasteiger charge is 2.39. The van der Waals surface area contributed by atoms with E-state index in [0.717, 1.165) is 44.6 Å². The highest BCUT2D eigenvalue weighted by molar-refractivity contribution is 5.80. The Morgan fingerprint density at radius 3 is 2.93 bits per heavy atom. The number of nitrogens with one attached hydrogen (secondary N) is 1. The van der Waals surface area contributed by atoms with Gasteiger partial charge in [0, 0.05) is 38.9 Å². The van der Waals surface area contributed by atoms with Crippen LogP contribution < -0.4 is 10.2 Å². The largest absolute Gasteiger partial charge is 0.375 e. The predicted octanol–water partition coefficient (Wildman–Crippen LogP) is 3.43. The maximum atomic E-state index is 5.66. The summed E-state index contributed by atoms with van der Waals surface area (Å²) in [6.45, 7) is 10.8. The molecule has 6 heteroatoms. The van der Waals surface area contributed by atoms with Crippen LogP contribution in [0.3, 0.4) is 0 Å². The highest BCUT2D eigenvalue weighted by atomic mass is 16.5. The van der Waals surface area contributed by atoms with Gasteiger partial charge >= 0.3 is 0 Å². The molecule has 29 heavy (non-hydrogen) atoms. The molecule has 3 fully saturated rings. The van der Waals surface area contributed by atoms with Crippen LogP contribution in [0.15, 0.2) is 23.3 Å². The second-order valence-corrected chi connectivity index (χ2v) is 9.05. The van der Waals surface area contributed by atoms with Crippen LogP contribution in [0.1, 0.15) is 57.9 Å². The zero-order chi connectivity index (χ0) is 20.1. The van der Waals surface area contributed by atoms with Crippen molar-refractivity contribution in [2.45, 2.75) is 65.0 Å². The molecule has 4 rings (SSSR count). The molecule has 1 unspecified atom stereocenters. The maximum Gasteiger partial charge on any atom is 0.194 e. The Labute approximate surface area is 175 Å². The Balaban J connectivity index is 1.42. The standard InChI is InChI=1S/C23H37N5O/c1-3-24-22(28-12-10-23(18-28)8-5-4-6-9-23)26-16-20-7-11-25-21(15-20)27-13-14-29-19(2)17-27/h7,11,15,19H,3-6,8-10,12-14,16-18H2,1-2H3,(H,24,26). The van der Waals surface area contributed by atoms with Gasteiger partial charge in [0.2, 0.25) is 0 Å². The first-order valence-electron chi connectivity index (χ1n) is 11.5. The van der Waals surface area contributed by atoms with Crippen molar-refractivity contribution in [1.29, 1.82) is 0 Å². The van der Waals surface area contributed by atoms with E-state index in [2.05, 4.69) is 46.1 Å². The van der Waals surface area contributed by atoms with E-state index in [1.807, 2.05) is 6.20 Å². The minimum Gasteiger partial charge on any atom is -0.375 e. The number of rotatable bonds is 4. The van der Waals surface area contributed by atoms with E-state index in [1.165, 1.54) is 50.6 Å². The predicted molar refractivity (Wildman–Crippen MR) is 118 cm³/mol. The summed E-state index contributed by atoms with van der Waals surface area (Å²) in [6, 6.07) is 4.28. The molecule has 0 radical (unpaired) electrons. The van der Waals surface area contributed by atoms with Crippen LogP contribution in [0.5, 0.6) is 0 Å². The van der Waals surface area contributed by atoms with Gasteiger partial charge in [-0.05, 0) is 56.2 Å². The molecule has 0 bridgehead atoms. The number of hydrogen-bond acceptors (Lipinski definition) is 4. The van der Waals surface area contributed by atoms with Crippen molar-refractivity contribution in [3.63, 3.8) is 0 Å². The molecule has 2 aliphatic heterocycles. The number of aromatic nitrogens is 1. The second-order valence-electron chi connectivity index (χ2n) is 9.05. The molecule has 0 amide bonds. The first-order chi connectivity index (χ1) is 14.2. The third-order valence-corrected chi connectivity index (χ3v) is 6.77. The number of nitrogens with zero attached hydrogens (tertiary/aromatic N) is 4. The molecule has 3 heterocycles. The molecule has 160 valence electrons. The zero-order valence-corrected chi connectivity index (χ0v) is 18.2. The summed E-state index contributed by atoms with van der Waals surface area (Å²) in [5, 5.41) is 3.53. The first-order valence-corrected chi connectivity index (χ1v) is 11.5. The fourth-order valence-electron chi connectivity index (χ4n) is 5.18. The van der Waals surface area contributed by atoms with Gasteiger partial charge in [-0.2, -0.15) is 0 Å².